The van der Waals surface area contributed by atoms with Crippen molar-refractivity contribution in [3.8, 4) is 0 Å². The molecule has 3 N–H and O–H groups in total. The summed E-state index contributed by atoms with van der Waals surface area (Å²) in [5, 5.41) is 2.64. The molecule has 1 atom stereocenters. The lowest BCUT2D eigenvalue weighted by atomic mass is 10.1. The van der Waals surface area contributed by atoms with Crippen LogP contribution in [0.25, 0.3) is 0 Å². The number of hydrogen-bond donors (Lipinski definition) is 2. The van der Waals surface area contributed by atoms with Crippen molar-refractivity contribution < 1.29 is 9.18 Å². The van der Waals surface area contributed by atoms with E-state index >= 15 is 0 Å². The van der Waals surface area contributed by atoms with Gasteiger partial charge >= 0.3 is 0 Å². The molecule has 0 heterocycles. The topological polar surface area (TPSA) is 55.1 Å². The van der Waals surface area contributed by atoms with Crippen LogP contribution in [0.15, 0.2) is 18.2 Å². The van der Waals surface area contributed by atoms with Gasteiger partial charge in [-0.2, -0.15) is 0 Å². The van der Waals surface area contributed by atoms with Gasteiger partial charge in [-0.3, -0.25) is 4.79 Å². The summed E-state index contributed by atoms with van der Waals surface area (Å²) in [6, 6.07) is 4.03. The van der Waals surface area contributed by atoms with E-state index in [2.05, 4.69) is 5.32 Å². The fourth-order valence-corrected chi connectivity index (χ4v) is 1.19. The molecule has 3 nitrogen and oxygen atoms in total. The minimum Gasteiger partial charge on any atom is -0.350 e. The molecule has 1 aromatic rings. The lowest BCUT2D eigenvalue weighted by Crippen LogP contribution is -2.35. The molecule has 0 aliphatic heterocycles. The molecule has 15 heavy (non-hydrogen) atoms. The van der Waals surface area contributed by atoms with Crippen molar-refractivity contribution in [1.82, 2.24) is 5.32 Å². The summed E-state index contributed by atoms with van der Waals surface area (Å²) in [6.07, 6.45) is 0. The third-order valence-corrected chi connectivity index (χ3v) is 2.03. The number of hydrogen-bond acceptors (Lipinski definition) is 2. The molecule has 1 amide bonds. The molecule has 0 spiro atoms. The maximum absolute atomic E-state index is 12.9. The zero-order chi connectivity index (χ0) is 11.4. The molecular formula is C11H15FN2O. The van der Waals surface area contributed by atoms with E-state index < -0.39 is 5.82 Å². The van der Waals surface area contributed by atoms with E-state index in [4.69, 9.17) is 5.73 Å². The minimum absolute atomic E-state index is 0.109. The highest BCUT2D eigenvalue weighted by Gasteiger charge is 2.09. The Labute approximate surface area is 88.5 Å². The van der Waals surface area contributed by atoms with Crippen molar-refractivity contribution in [2.75, 3.05) is 6.54 Å². The Bertz CT molecular complexity index is 364. The summed E-state index contributed by atoms with van der Waals surface area (Å²) >= 11 is 0. The van der Waals surface area contributed by atoms with Crippen LogP contribution < -0.4 is 11.1 Å². The number of amides is 1. The summed E-state index contributed by atoms with van der Waals surface area (Å²) < 4.78 is 12.9. The van der Waals surface area contributed by atoms with Crippen LogP contribution in [0.2, 0.25) is 0 Å². The van der Waals surface area contributed by atoms with E-state index in [1.807, 2.05) is 0 Å². The summed E-state index contributed by atoms with van der Waals surface area (Å²) in [6.45, 7) is 3.94. The lowest BCUT2D eigenvalue weighted by molar-refractivity contribution is 0.0950. The minimum atomic E-state index is -0.411. The van der Waals surface area contributed by atoms with Gasteiger partial charge in [-0.15, -0.1) is 0 Å². The van der Waals surface area contributed by atoms with Crippen LogP contribution in [-0.2, 0) is 0 Å². The number of rotatable bonds is 3. The van der Waals surface area contributed by atoms with Crippen LogP contribution in [-0.4, -0.2) is 18.5 Å². The molecule has 1 rings (SSSR count). The van der Waals surface area contributed by atoms with Gasteiger partial charge in [-0.25, -0.2) is 4.39 Å². The maximum atomic E-state index is 12.9. The second-order valence-corrected chi connectivity index (χ2v) is 3.65. The Hall–Kier alpha value is -1.42. The van der Waals surface area contributed by atoms with Crippen molar-refractivity contribution in [2.24, 2.45) is 5.73 Å². The summed E-state index contributed by atoms with van der Waals surface area (Å²) in [7, 11) is 0. The van der Waals surface area contributed by atoms with Crippen LogP contribution in [0.4, 0.5) is 4.39 Å². The Kier molecular flexibility index (Phi) is 3.80. The first kappa shape index (κ1) is 11.7. The number of aryl methyl sites for hydroxylation is 1. The van der Waals surface area contributed by atoms with E-state index in [0.717, 1.165) is 5.56 Å². The average molecular weight is 210 g/mol. The first-order chi connectivity index (χ1) is 7.00. The largest absolute Gasteiger partial charge is 0.350 e. The molecule has 0 saturated heterocycles. The molecule has 0 fully saturated rings. The second-order valence-electron chi connectivity index (χ2n) is 3.65. The number of halogens is 1. The van der Waals surface area contributed by atoms with Gasteiger partial charge in [0.05, 0.1) is 0 Å². The highest BCUT2D eigenvalue weighted by atomic mass is 19.1. The molecule has 1 aromatic carbocycles. The first-order valence-electron chi connectivity index (χ1n) is 4.80. The van der Waals surface area contributed by atoms with Gasteiger partial charge in [0.1, 0.15) is 5.82 Å². The van der Waals surface area contributed by atoms with Gasteiger partial charge in [0.2, 0.25) is 0 Å². The Morgan fingerprint density at radius 1 is 1.60 bits per heavy atom. The number of nitrogens with one attached hydrogen (secondary N) is 1. The Morgan fingerprint density at radius 3 is 2.87 bits per heavy atom. The van der Waals surface area contributed by atoms with Gasteiger partial charge in [0.25, 0.3) is 5.91 Å². The highest BCUT2D eigenvalue weighted by Crippen LogP contribution is 2.09. The van der Waals surface area contributed by atoms with Crippen LogP contribution >= 0.6 is 0 Å². The molecule has 0 saturated carbocycles. The SMILES string of the molecule is Cc1ccc(F)cc1C(=O)NCC(C)N. The summed E-state index contributed by atoms with van der Waals surface area (Å²) in [5.41, 5.74) is 6.60. The van der Waals surface area contributed by atoms with E-state index in [0.29, 0.717) is 12.1 Å². The normalized spacial score (nSPS) is 12.3. The maximum Gasteiger partial charge on any atom is 0.251 e. The zero-order valence-corrected chi connectivity index (χ0v) is 8.88. The average Bonchev–Trinajstić information content (AvgIpc) is 2.18. The molecule has 0 radical (unpaired) electrons. The number of benzene rings is 1. The standard InChI is InChI=1S/C11H15FN2O/c1-7-3-4-9(12)5-10(7)11(15)14-6-8(2)13/h3-5,8H,6,13H2,1-2H3,(H,14,15). The van der Waals surface area contributed by atoms with Gasteiger partial charge in [0, 0.05) is 18.2 Å². The third kappa shape index (κ3) is 3.32. The summed E-state index contributed by atoms with van der Waals surface area (Å²) in [4.78, 5) is 11.6. The number of carbonyl (C=O) groups is 1. The van der Waals surface area contributed by atoms with Gasteiger partial charge < -0.3 is 11.1 Å². The molecule has 82 valence electrons. The molecular weight excluding hydrogens is 195 g/mol. The highest BCUT2D eigenvalue weighted by molar-refractivity contribution is 5.95. The quantitative estimate of drug-likeness (QED) is 0.788. The van der Waals surface area contributed by atoms with E-state index in [-0.39, 0.29) is 11.9 Å². The van der Waals surface area contributed by atoms with Crippen LogP contribution in [0.5, 0.6) is 0 Å². The molecule has 0 bridgehead atoms. The molecule has 0 aromatic heterocycles. The van der Waals surface area contributed by atoms with Crippen LogP contribution in [0.3, 0.4) is 0 Å². The first-order valence-corrected chi connectivity index (χ1v) is 4.80. The number of carbonyl (C=O) groups excluding carboxylic acids is 1. The van der Waals surface area contributed by atoms with Crippen molar-refractivity contribution in [1.29, 1.82) is 0 Å². The molecule has 0 aliphatic rings. The molecule has 0 aliphatic carbocycles. The van der Waals surface area contributed by atoms with Crippen molar-refractivity contribution in [2.45, 2.75) is 19.9 Å². The smallest absolute Gasteiger partial charge is 0.251 e. The van der Waals surface area contributed by atoms with Gasteiger partial charge in [0.15, 0.2) is 0 Å². The van der Waals surface area contributed by atoms with Crippen molar-refractivity contribution >= 4 is 5.91 Å². The second kappa shape index (κ2) is 4.89. The van der Waals surface area contributed by atoms with E-state index in [1.165, 1.54) is 12.1 Å². The van der Waals surface area contributed by atoms with Gasteiger partial charge in [-0.1, -0.05) is 6.07 Å². The van der Waals surface area contributed by atoms with Crippen LogP contribution in [0.1, 0.15) is 22.8 Å². The molecule has 4 heteroatoms. The van der Waals surface area contributed by atoms with Crippen LogP contribution in [0, 0.1) is 12.7 Å². The van der Waals surface area contributed by atoms with E-state index in [1.54, 1.807) is 19.9 Å². The predicted octanol–water partition coefficient (Wildman–Crippen LogP) is 1.21. The fraction of sp³-hybridized carbons (Fsp3) is 0.364. The van der Waals surface area contributed by atoms with Crippen molar-refractivity contribution in [3.05, 3.63) is 35.1 Å². The van der Waals surface area contributed by atoms with Crippen molar-refractivity contribution in [3.63, 3.8) is 0 Å². The zero-order valence-electron chi connectivity index (χ0n) is 8.88. The van der Waals surface area contributed by atoms with Gasteiger partial charge in [-0.05, 0) is 31.5 Å². The molecule has 1 unspecified atom stereocenters. The Balaban J connectivity index is 2.77. The predicted molar refractivity (Wildman–Crippen MR) is 57.1 cm³/mol. The monoisotopic (exact) mass is 210 g/mol. The van der Waals surface area contributed by atoms with E-state index in [9.17, 15) is 9.18 Å². The fourth-order valence-electron chi connectivity index (χ4n) is 1.19. The Morgan fingerprint density at radius 2 is 2.27 bits per heavy atom. The summed E-state index contributed by atoms with van der Waals surface area (Å²) in [5.74, 6) is -0.698. The lowest BCUT2D eigenvalue weighted by Gasteiger charge is -2.09. The number of nitrogens with two attached hydrogens (primary N) is 1. The third-order valence-electron chi connectivity index (χ3n) is 2.03.